The molecular weight excluding hydrogens is 424 g/mol. The summed E-state index contributed by atoms with van der Waals surface area (Å²) >= 11 is 0. The summed E-state index contributed by atoms with van der Waals surface area (Å²) < 4.78 is 0. The van der Waals surface area contributed by atoms with Crippen molar-refractivity contribution in [2.45, 2.75) is 86.5 Å². The number of allylic oxidation sites excluding steroid dienone is 4. The lowest BCUT2D eigenvalue weighted by Gasteiger charge is -2.32. The van der Waals surface area contributed by atoms with Crippen LogP contribution in [0.15, 0.2) is 61.3 Å². The molecule has 1 aromatic carbocycles. The highest BCUT2D eigenvalue weighted by Gasteiger charge is 2.32. The SMILES string of the molecule is C/C=C\C.C=CC.CC.CCCCC1=Cc2cc(C)ccc2C(C2CCNCC2)c2ncccc21. The Hall–Kier alpha value is -2.45. The fourth-order valence-corrected chi connectivity index (χ4v) is 4.68. The second kappa shape index (κ2) is 17.9. The van der Waals surface area contributed by atoms with Gasteiger partial charge in [0, 0.05) is 12.1 Å². The van der Waals surface area contributed by atoms with E-state index in [1.165, 1.54) is 59.2 Å². The summed E-state index contributed by atoms with van der Waals surface area (Å²) in [4.78, 5) is 4.95. The van der Waals surface area contributed by atoms with E-state index in [0.717, 1.165) is 19.5 Å². The maximum atomic E-state index is 4.95. The lowest BCUT2D eigenvalue weighted by atomic mass is 9.76. The third-order valence-corrected chi connectivity index (χ3v) is 6.37. The Labute approximate surface area is 216 Å². The molecular formula is C33H50N2. The molecule has 2 heterocycles. The van der Waals surface area contributed by atoms with Gasteiger partial charge in [0.15, 0.2) is 0 Å². The Morgan fingerprint density at radius 3 is 2.31 bits per heavy atom. The first-order valence-electron chi connectivity index (χ1n) is 13.7. The second-order valence-corrected chi connectivity index (χ2v) is 8.98. The number of fused-ring (bicyclic) bond motifs is 2. The van der Waals surface area contributed by atoms with Crippen molar-refractivity contribution < 1.29 is 0 Å². The highest BCUT2D eigenvalue weighted by molar-refractivity contribution is 5.85. The standard InChI is InChI=1S/C24H30N2.C4H8.C3H6.C2H6/c1-3-4-6-19-16-20-15-17(2)8-9-21(20)23(18-10-13-25-14-11-18)24-22(19)7-5-12-26-24;1-3-4-2;1-3-2;1-2/h5,7-9,12,15-16,18,23,25H,3-4,6,10-11,13-14H2,1-2H3;3-4H,1-2H3;3H,1H2,2H3;1-2H3/b;4-3-;;. The van der Waals surface area contributed by atoms with Crippen molar-refractivity contribution in [3.63, 3.8) is 0 Å². The first-order valence-corrected chi connectivity index (χ1v) is 13.7. The normalized spacial score (nSPS) is 16.5. The van der Waals surface area contributed by atoms with E-state index in [1.54, 1.807) is 6.08 Å². The van der Waals surface area contributed by atoms with Gasteiger partial charge in [-0.2, -0.15) is 0 Å². The molecule has 1 unspecified atom stereocenters. The molecule has 0 radical (unpaired) electrons. The van der Waals surface area contributed by atoms with Crippen LogP contribution in [0, 0.1) is 12.8 Å². The molecule has 2 nitrogen and oxygen atoms in total. The summed E-state index contributed by atoms with van der Waals surface area (Å²) in [7, 11) is 0. The van der Waals surface area contributed by atoms with Crippen molar-refractivity contribution in [3.05, 3.63) is 89.3 Å². The lowest BCUT2D eigenvalue weighted by molar-refractivity contribution is 0.339. The highest BCUT2D eigenvalue weighted by Crippen LogP contribution is 2.44. The van der Waals surface area contributed by atoms with E-state index < -0.39 is 0 Å². The fourth-order valence-electron chi connectivity index (χ4n) is 4.68. The van der Waals surface area contributed by atoms with Crippen LogP contribution in [0.2, 0.25) is 0 Å². The third kappa shape index (κ3) is 9.26. The third-order valence-electron chi connectivity index (χ3n) is 6.37. The smallest absolute Gasteiger partial charge is 0.0556 e. The van der Waals surface area contributed by atoms with Crippen molar-refractivity contribution in [1.82, 2.24) is 10.3 Å². The molecule has 35 heavy (non-hydrogen) atoms. The van der Waals surface area contributed by atoms with Crippen molar-refractivity contribution in [2.24, 2.45) is 5.92 Å². The number of unbranched alkanes of at least 4 members (excludes halogenated alkanes) is 1. The quantitative estimate of drug-likeness (QED) is 0.446. The zero-order chi connectivity index (χ0) is 26.1. The fraction of sp³-hybridized carbons (Fsp3) is 0.485. The van der Waals surface area contributed by atoms with Crippen LogP contribution in [0.25, 0.3) is 11.6 Å². The summed E-state index contributed by atoms with van der Waals surface area (Å²) in [6, 6.07) is 11.4. The molecule has 0 saturated carbocycles. The summed E-state index contributed by atoms with van der Waals surface area (Å²) in [5.74, 6) is 1.09. The van der Waals surface area contributed by atoms with Gasteiger partial charge in [0.05, 0.1) is 5.69 Å². The minimum atomic E-state index is 0.416. The maximum Gasteiger partial charge on any atom is 0.0556 e. The summed E-state index contributed by atoms with van der Waals surface area (Å²) in [5, 5.41) is 3.53. The molecule has 0 amide bonds. The van der Waals surface area contributed by atoms with Crippen LogP contribution in [0.4, 0.5) is 0 Å². The lowest BCUT2D eigenvalue weighted by Crippen LogP contribution is -2.32. The molecule has 1 N–H and O–H groups in total. The summed E-state index contributed by atoms with van der Waals surface area (Å²) in [5.41, 5.74) is 8.41. The maximum absolute atomic E-state index is 4.95. The van der Waals surface area contributed by atoms with Crippen molar-refractivity contribution in [2.75, 3.05) is 13.1 Å². The first kappa shape index (κ1) is 30.6. The van der Waals surface area contributed by atoms with Crippen molar-refractivity contribution in [3.8, 4) is 0 Å². The number of piperidine rings is 1. The van der Waals surface area contributed by atoms with Crippen molar-refractivity contribution >= 4 is 11.6 Å². The van der Waals surface area contributed by atoms with Crippen LogP contribution in [0.3, 0.4) is 0 Å². The topological polar surface area (TPSA) is 24.9 Å². The van der Waals surface area contributed by atoms with E-state index in [-0.39, 0.29) is 0 Å². The second-order valence-electron chi connectivity index (χ2n) is 8.98. The molecule has 1 aliphatic heterocycles. The molecule has 1 fully saturated rings. The Morgan fingerprint density at radius 2 is 1.71 bits per heavy atom. The molecule has 192 valence electrons. The molecule has 4 rings (SSSR count). The van der Waals surface area contributed by atoms with Gasteiger partial charge in [-0.05, 0) is 101 Å². The van der Waals surface area contributed by atoms with E-state index in [0.29, 0.717) is 11.8 Å². The predicted molar refractivity (Wildman–Crippen MR) is 158 cm³/mol. The van der Waals surface area contributed by atoms with Crippen LogP contribution in [0.1, 0.15) is 108 Å². The zero-order valence-corrected chi connectivity index (χ0v) is 23.5. The average molecular weight is 475 g/mol. The van der Waals surface area contributed by atoms with Gasteiger partial charge in [0.1, 0.15) is 0 Å². The number of aryl methyl sites for hydroxylation is 1. The molecule has 1 atom stereocenters. The predicted octanol–water partition coefficient (Wildman–Crippen LogP) is 9.37. The minimum Gasteiger partial charge on any atom is -0.317 e. The van der Waals surface area contributed by atoms with Crippen LogP contribution >= 0.6 is 0 Å². The molecule has 2 aliphatic rings. The average Bonchev–Trinajstić information content (AvgIpc) is 3.04. The van der Waals surface area contributed by atoms with Gasteiger partial charge < -0.3 is 5.32 Å². The van der Waals surface area contributed by atoms with Crippen LogP contribution in [-0.4, -0.2) is 18.1 Å². The van der Waals surface area contributed by atoms with E-state index in [1.807, 2.05) is 53.0 Å². The molecule has 0 bridgehead atoms. The molecule has 2 heteroatoms. The Balaban J connectivity index is 0.000000597. The first-order chi connectivity index (χ1) is 17.1. The highest BCUT2D eigenvalue weighted by atomic mass is 14.9. The molecule has 1 aliphatic carbocycles. The van der Waals surface area contributed by atoms with E-state index in [9.17, 15) is 0 Å². The van der Waals surface area contributed by atoms with E-state index in [2.05, 4.69) is 62.2 Å². The van der Waals surface area contributed by atoms with Gasteiger partial charge in [0.25, 0.3) is 0 Å². The number of aromatic nitrogens is 1. The largest absolute Gasteiger partial charge is 0.317 e. The van der Waals surface area contributed by atoms with Crippen LogP contribution in [-0.2, 0) is 0 Å². The number of nitrogens with one attached hydrogen (secondary N) is 1. The summed E-state index contributed by atoms with van der Waals surface area (Å²) in [6.07, 6.45) is 16.3. The number of benzene rings is 1. The van der Waals surface area contributed by atoms with Gasteiger partial charge in [-0.1, -0.05) is 81.3 Å². The Bertz CT molecular complexity index is 912. The Kier molecular flexibility index (Phi) is 15.6. The number of nitrogens with zero attached hydrogens (tertiary/aromatic N) is 1. The van der Waals surface area contributed by atoms with Gasteiger partial charge in [0.2, 0.25) is 0 Å². The van der Waals surface area contributed by atoms with Crippen LogP contribution < -0.4 is 5.32 Å². The Morgan fingerprint density at radius 1 is 1.06 bits per heavy atom. The zero-order valence-electron chi connectivity index (χ0n) is 23.5. The number of pyridine rings is 1. The van der Waals surface area contributed by atoms with Crippen molar-refractivity contribution in [1.29, 1.82) is 0 Å². The number of hydrogen-bond donors (Lipinski definition) is 1. The monoisotopic (exact) mass is 474 g/mol. The van der Waals surface area contributed by atoms with E-state index >= 15 is 0 Å². The molecule has 1 saturated heterocycles. The van der Waals surface area contributed by atoms with Gasteiger partial charge in [-0.25, -0.2) is 0 Å². The van der Waals surface area contributed by atoms with Gasteiger partial charge >= 0.3 is 0 Å². The van der Waals surface area contributed by atoms with Gasteiger partial charge in [-0.15, -0.1) is 6.58 Å². The molecule has 2 aromatic rings. The van der Waals surface area contributed by atoms with E-state index in [4.69, 9.17) is 4.98 Å². The minimum absolute atomic E-state index is 0.416. The van der Waals surface area contributed by atoms with Crippen LogP contribution in [0.5, 0.6) is 0 Å². The summed E-state index contributed by atoms with van der Waals surface area (Å²) in [6.45, 7) is 20.0. The number of hydrogen-bond acceptors (Lipinski definition) is 2. The molecule has 1 aromatic heterocycles. The molecule has 0 spiro atoms. The number of rotatable bonds is 4. The van der Waals surface area contributed by atoms with Gasteiger partial charge in [-0.3, -0.25) is 4.98 Å².